The Morgan fingerprint density at radius 2 is 1.95 bits per heavy atom. The van der Waals surface area contributed by atoms with Gasteiger partial charge in [0.1, 0.15) is 11.6 Å². The maximum Gasteiger partial charge on any atom is 0.257 e. The zero-order valence-electron chi connectivity index (χ0n) is 9.38. The van der Waals surface area contributed by atoms with E-state index in [4.69, 9.17) is 11.6 Å². The highest BCUT2D eigenvalue weighted by atomic mass is 79.9. The maximum atomic E-state index is 13.4. The van der Waals surface area contributed by atoms with Crippen LogP contribution in [-0.4, -0.2) is 5.91 Å². The summed E-state index contributed by atoms with van der Waals surface area (Å²) in [4.78, 5) is 11.9. The van der Waals surface area contributed by atoms with Gasteiger partial charge in [0.2, 0.25) is 0 Å². The Hall–Kier alpha value is -1.46. The van der Waals surface area contributed by atoms with Crippen LogP contribution in [0.4, 0.5) is 14.5 Å². The molecule has 0 aromatic heterocycles. The van der Waals surface area contributed by atoms with Crippen molar-refractivity contribution < 1.29 is 13.6 Å². The number of nitrogens with one attached hydrogen (secondary N) is 1. The molecule has 98 valence electrons. The lowest BCUT2D eigenvalue weighted by Crippen LogP contribution is -2.13. The van der Waals surface area contributed by atoms with E-state index in [1.165, 1.54) is 6.07 Å². The predicted molar refractivity (Wildman–Crippen MR) is 73.5 cm³/mol. The van der Waals surface area contributed by atoms with Gasteiger partial charge in [-0.05, 0) is 40.2 Å². The van der Waals surface area contributed by atoms with E-state index in [2.05, 4.69) is 21.2 Å². The number of anilines is 1. The molecule has 2 rings (SSSR count). The van der Waals surface area contributed by atoms with Crippen LogP contribution in [0.15, 0.2) is 40.9 Å². The molecule has 1 amide bonds. The van der Waals surface area contributed by atoms with Crippen LogP contribution in [0.1, 0.15) is 10.4 Å². The molecule has 0 atom stereocenters. The monoisotopic (exact) mass is 345 g/mol. The summed E-state index contributed by atoms with van der Waals surface area (Å²) in [6, 6.07) is 7.58. The van der Waals surface area contributed by atoms with Gasteiger partial charge >= 0.3 is 0 Å². The highest BCUT2D eigenvalue weighted by Gasteiger charge is 2.14. The van der Waals surface area contributed by atoms with Crippen molar-refractivity contribution in [2.75, 3.05) is 5.32 Å². The van der Waals surface area contributed by atoms with Crippen molar-refractivity contribution in [3.8, 4) is 0 Å². The van der Waals surface area contributed by atoms with Gasteiger partial charge in [0.05, 0.1) is 16.3 Å². The Morgan fingerprint density at radius 1 is 1.21 bits per heavy atom. The molecule has 6 heteroatoms. The van der Waals surface area contributed by atoms with Crippen LogP contribution in [-0.2, 0) is 0 Å². The van der Waals surface area contributed by atoms with Crippen LogP contribution in [0.25, 0.3) is 0 Å². The van der Waals surface area contributed by atoms with Crippen LogP contribution in [0, 0.1) is 11.6 Å². The molecule has 0 bridgehead atoms. The summed E-state index contributed by atoms with van der Waals surface area (Å²) in [5.41, 5.74) is -0.0688. The van der Waals surface area contributed by atoms with Crippen molar-refractivity contribution in [3.05, 3.63) is 63.1 Å². The minimum atomic E-state index is -0.721. The van der Waals surface area contributed by atoms with E-state index in [0.717, 1.165) is 18.2 Å². The van der Waals surface area contributed by atoms with Crippen LogP contribution < -0.4 is 5.32 Å². The SMILES string of the molecule is O=C(Nc1cc(F)ccc1F)c1cccc(Br)c1Cl. The maximum absolute atomic E-state index is 13.4. The molecular formula is C13H7BrClF2NO. The second-order valence-corrected chi connectivity index (χ2v) is 4.91. The second-order valence-electron chi connectivity index (χ2n) is 3.68. The zero-order valence-corrected chi connectivity index (χ0v) is 11.7. The normalized spacial score (nSPS) is 10.3. The molecule has 0 saturated heterocycles. The third kappa shape index (κ3) is 3.11. The van der Waals surface area contributed by atoms with Crippen molar-refractivity contribution in [1.82, 2.24) is 0 Å². The fourth-order valence-electron chi connectivity index (χ4n) is 1.46. The molecule has 0 heterocycles. The topological polar surface area (TPSA) is 29.1 Å². The van der Waals surface area contributed by atoms with Gasteiger partial charge in [-0.1, -0.05) is 17.7 Å². The van der Waals surface area contributed by atoms with E-state index in [-0.39, 0.29) is 16.3 Å². The highest BCUT2D eigenvalue weighted by molar-refractivity contribution is 9.10. The van der Waals surface area contributed by atoms with Crippen molar-refractivity contribution in [2.24, 2.45) is 0 Å². The van der Waals surface area contributed by atoms with E-state index in [1.54, 1.807) is 12.1 Å². The smallest absolute Gasteiger partial charge is 0.257 e. The van der Waals surface area contributed by atoms with Gasteiger partial charge in [-0.25, -0.2) is 8.78 Å². The number of halogens is 4. The van der Waals surface area contributed by atoms with Gasteiger partial charge in [0.25, 0.3) is 5.91 Å². The van der Waals surface area contributed by atoms with E-state index in [1.807, 2.05) is 0 Å². The lowest BCUT2D eigenvalue weighted by Gasteiger charge is -2.08. The molecule has 1 N–H and O–H groups in total. The number of amides is 1. The Kier molecular flexibility index (Phi) is 4.17. The molecule has 0 fully saturated rings. The third-order valence-corrected chi connectivity index (χ3v) is 3.67. The van der Waals surface area contributed by atoms with Gasteiger partial charge in [0.15, 0.2) is 0 Å². The number of carbonyl (C=O) groups excluding carboxylic acids is 1. The van der Waals surface area contributed by atoms with Crippen LogP contribution in [0.5, 0.6) is 0 Å². The fourth-order valence-corrected chi connectivity index (χ4v) is 2.04. The summed E-state index contributed by atoms with van der Waals surface area (Å²) in [7, 11) is 0. The van der Waals surface area contributed by atoms with Gasteiger partial charge in [-0.2, -0.15) is 0 Å². The minimum Gasteiger partial charge on any atom is -0.319 e. The summed E-state index contributed by atoms with van der Waals surface area (Å²) in [5.74, 6) is -1.98. The summed E-state index contributed by atoms with van der Waals surface area (Å²) < 4.78 is 26.9. The predicted octanol–water partition coefficient (Wildman–Crippen LogP) is 4.63. The van der Waals surface area contributed by atoms with Gasteiger partial charge in [0, 0.05) is 10.5 Å². The molecule has 0 aliphatic carbocycles. The first-order valence-electron chi connectivity index (χ1n) is 5.19. The van der Waals surface area contributed by atoms with Gasteiger partial charge < -0.3 is 5.32 Å². The molecule has 0 spiro atoms. The van der Waals surface area contributed by atoms with E-state index >= 15 is 0 Å². The summed E-state index contributed by atoms with van der Waals surface area (Å²) in [6.07, 6.45) is 0. The standard InChI is InChI=1S/C13H7BrClF2NO/c14-9-3-1-2-8(12(9)15)13(19)18-11-6-7(16)4-5-10(11)17/h1-6H,(H,18,19). The number of hydrogen-bond acceptors (Lipinski definition) is 1. The third-order valence-electron chi connectivity index (χ3n) is 2.37. The quantitative estimate of drug-likeness (QED) is 0.844. The molecular weight excluding hydrogens is 340 g/mol. The highest BCUT2D eigenvalue weighted by Crippen LogP contribution is 2.27. The Bertz CT molecular complexity index is 649. The van der Waals surface area contributed by atoms with Gasteiger partial charge in [-0.3, -0.25) is 4.79 Å². The van der Waals surface area contributed by atoms with Crippen molar-refractivity contribution in [3.63, 3.8) is 0 Å². The Balaban J connectivity index is 2.31. The number of hydrogen-bond donors (Lipinski definition) is 1. The molecule has 2 nitrogen and oxygen atoms in total. The average molecular weight is 347 g/mol. The Labute approximate surface area is 121 Å². The molecule has 2 aromatic rings. The summed E-state index contributed by atoms with van der Waals surface area (Å²) in [5, 5.41) is 2.48. The number of rotatable bonds is 2. The van der Waals surface area contributed by atoms with Crippen molar-refractivity contribution >= 4 is 39.1 Å². The number of benzene rings is 2. The van der Waals surface area contributed by atoms with E-state index < -0.39 is 17.5 Å². The second kappa shape index (κ2) is 5.67. The van der Waals surface area contributed by atoms with Gasteiger partial charge in [-0.15, -0.1) is 0 Å². The molecule has 0 aliphatic rings. The summed E-state index contributed by atoms with van der Waals surface area (Å²) in [6.45, 7) is 0. The van der Waals surface area contributed by atoms with Crippen molar-refractivity contribution in [2.45, 2.75) is 0 Å². The Morgan fingerprint density at radius 3 is 2.68 bits per heavy atom. The van der Waals surface area contributed by atoms with Crippen LogP contribution in [0.3, 0.4) is 0 Å². The molecule has 19 heavy (non-hydrogen) atoms. The first-order chi connectivity index (χ1) is 8.99. The average Bonchev–Trinajstić information content (AvgIpc) is 2.37. The number of carbonyl (C=O) groups is 1. The molecule has 0 unspecified atom stereocenters. The molecule has 0 aliphatic heterocycles. The van der Waals surface area contributed by atoms with Crippen LogP contribution >= 0.6 is 27.5 Å². The largest absolute Gasteiger partial charge is 0.319 e. The van der Waals surface area contributed by atoms with E-state index in [0.29, 0.717) is 4.47 Å². The van der Waals surface area contributed by atoms with Crippen molar-refractivity contribution in [1.29, 1.82) is 0 Å². The molecule has 0 saturated carbocycles. The molecule has 2 aromatic carbocycles. The van der Waals surface area contributed by atoms with E-state index in [9.17, 15) is 13.6 Å². The fraction of sp³-hybridized carbons (Fsp3) is 0. The summed E-state index contributed by atoms with van der Waals surface area (Å²) >= 11 is 9.13. The lowest BCUT2D eigenvalue weighted by molar-refractivity contribution is 0.102. The first kappa shape index (κ1) is 14.0. The van der Waals surface area contributed by atoms with Crippen LogP contribution in [0.2, 0.25) is 5.02 Å². The zero-order chi connectivity index (χ0) is 14.0. The molecule has 0 radical (unpaired) electrons. The first-order valence-corrected chi connectivity index (χ1v) is 6.36. The minimum absolute atomic E-state index is 0.166. The lowest BCUT2D eigenvalue weighted by atomic mass is 10.2.